The van der Waals surface area contributed by atoms with Gasteiger partial charge < -0.3 is 9.47 Å². The van der Waals surface area contributed by atoms with E-state index >= 15 is 0 Å². The van der Waals surface area contributed by atoms with Gasteiger partial charge in [-0.3, -0.25) is 0 Å². The van der Waals surface area contributed by atoms with Crippen LogP contribution in [0.3, 0.4) is 0 Å². The second-order valence-corrected chi connectivity index (χ2v) is 18.1. The lowest BCUT2D eigenvalue weighted by atomic mass is 9.67. The third-order valence-corrected chi connectivity index (χ3v) is 14.3. The topological polar surface area (TPSA) is 8.17 Å². The van der Waals surface area contributed by atoms with Gasteiger partial charge in [0.2, 0.25) is 0 Å². The predicted octanol–water partition coefficient (Wildman–Crippen LogP) is 17.6. The van der Waals surface area contributed by atoms with E-state index in [0.717, 1.165) is 33.9 Å². The van der Waals surface area contributed by atoms with Gasteiger partial charge in [0.1, 0.15) is 0 Å². The fraction of sp³-hybridized carbons (Fsp3) is 0.0149. The molecule has 69 heavy (non-hydrogen) atoms. The smallest absolute Gasteiger partial charge is 0.0714 e. The minimum atomic E-state index is -0.493. The number of hydrogen-bond acceptors (Lipinski definition) is 1. The minimum Gasteiger partial charge on any atom is -0.310 e. The first-order chi connectivity index (χ1) is 34.2. The molecule has 2 heteroatoms. The van der Waals surface area contributed by atoms with Crippen LogP contribution in [-0.4, -0.2) is 4.57 Å². The van der Waals surface area contributed by atoms with Crippen molar-refractivity contribution in [1.82, 2.24) is 4.57 Å². The second-order valence-electron chi connectivity index (χ2n) is 18.1. The molecular weight excluding hydrogens is 833 g/mol. The maximum absolute atomic E-state index is 2.48. The Morgan fingerprint density at radius 3 is 1.49 bits per heavy atom. The quantitative estimate of drug-likeness (QED) is 0.140. The van der Waals surface area contributed by atoms with Gasteiger partial charge in [0.15, 0.2) is 0 Å². The fourth-order valence-electron chi connectivity index (χ4n) is 11.2. The summed E-state index contributed by atoms with van der Waals surface area (Å²) >= 11 is 0. The molecule has 0 N–H and O–H groups in total. The predicted molar refractivity (Wildman–Crippen MR) is 289 cm³/mol. The van der Waals surface area contributed by atoms with Gasteiger partial charge in [0, 0.05) is 33.5 Å². The maximum Gasteiger partial charge on any atom is 0.0714 e. The highest BCUT2D eigenvalue weighted by molar-refractivity contribution is 6.10. The number of benzene rings is 11. The molecule has 0 spiro atoms. The molecule has 2 nitrogen and oxygen atoms in total. The summed E-state index contributed by atoms with van der Waals surface area (Å²) in [6, 6.07) is 102. The van der Waals surface area contributed by atoms with Crippen molar-refractivity contribution in [1.29, 1.82) is 0 Å². The number of aromatic nitrogens is 1. The summed E-state index contributed by atoms with van der Waals surface area (Å²) in [7, 11) is 0. The Morgan fingerprint density at radius 1 is 0.275 bits per heavy atom. The van der Waals surface area contributed by atoms with Gasteiger partial charge in [-0.1, -0.05) is 212 Å². The first-order valence-corrected chi connectivity index (χ1v) is 23.8. The van der Waals surface area contributed by atoms with Gasteiger partial charge in [0.05, 0.1) is 16.4 Å². The van der Waals surface area contributed by atoms with Gasteiger partial charge in [0.25, 0.3) is 0 Å². The maximum atomic E-state index is 2.48. The van der Waals surface area contributed by atoms with E-state index in [4.69, 9.17) is 0 Å². The van der Waals surface area contributed by atoms with Crippen molar-refractivity contribution in [3.63, 3.8) is 0 Å². The van der Waals surface area contributed by atoms with Crippen LogP contribution in [0.4, 0.5) is 17.1 Å². The molecule has 0 saturated heterocycles. The standard InChI is InChI=1S/C67H46N2/c1-5-19-47(20-6-1)49-21-17-22-50(43-49)48-35-38-56(39-36-48)68(55-28-11-4-12-29-55)57-30-18-23-51(44-57)52-37-41-62-61-32-14-16-34-65(61)69(66(62)45-52)58-40-42-60-59-31-13-15-33-63(59)67(64(60)46-58,53-24-7-2-8-25-53)54-26-9-3-10-27-54/h1-46H. The van der Waals surface area contributed by atoms with Crippen molar-refractivity contribution < 1.29 is 0 Å². The molecule has 0 saturated carbocycles. The number of fused-ring (bicyclic) bond motifs is 6. The zero-order valence-corrected chi connectivity index (χ0v) is 38.0. The van der Waals surface area contributed by atoms with Crippen LogP contribution in [0.1, 0.15) is 22.3 Å². The molecule has 1 aliphatic carbocycles. The van der Waals surface area contributed by atoms with E-state index in [1.165, 1.54) is 77.4 Å². The molecule has 12 aromatic rings. The van der Waals surface area contributed by atoms with Crippen molar-refractivity contribution >= 4 is 38.9 Å². The van der Waals surface area contributed by atoms with Crippen LogP contribution >= 0.6 is 0 Å². The van der Waals surface area contributed by atoms with E-state index in [2.05, 4.69) is 289 Å². The summed E-state index contributed by atoms with van der Waals surface area (Å²) in [5, 5.41) is 2.46. The molecule has 0 atom stereocenters. The van der Waals surface area contributed by atoms with Crippen LogP contribution in [-0.2, 0) is 5.41 Å². The van der Waals surface area contributed by atoms with Gasteiger partial charge >= 0.3 is 0 Å². The van der Waals surface area contributed by atoms with Gasteiger partial charge in [-0.15, -0.1) is 0 Å². The lowest BCUT2D eigenvalue weighted by Gasteiger charge is -2.34. The molecule has 0 bridgehead atoms. The Bertz CT molecular complexity index is 3780. The van der Waals surface area contributed by atoms with E-state index in [1.54, 1.807) is 0 Å². The molecule has 0 amide bonds. The second kappa shape index (κ2) is 16.7. The Balaban J connectivity index is 0.932. The molecule has 0 unspecified atom stereocenters. The number of anilines is 3. The molecule has 0 fully saturated rings. The SMILES string of the molecule is c1ccc(-c2cccc(-c3ccc(N(c4ccccc4)c4cccc(-c5ccc6c7ccccc7n(-c7ccc8c(c7)C(c7ccccc7)(c7ccccc7)c7ccccc7-8)c6c5)c4)cc3)c2)cc1. The van der Waals surface area contributed by atoms with Crippen molar-refractivity contribution in [2.45, 2.75) is 5.41 Å². The fourth-order valence-corrected chi connectivity index (χ4v) is 11.2. The third-order valence-electron chi connectivity index (χ3n) is 14.3. The van der Waals surface area contributed by atoms with E-state index in [9.17, 15) is 0 Å². The summed E-state index contributed by atoms with van der Waals surface area (Å²) in [6.07, 6.45) is 0. The summed E-state index contributed by atoms with van der Waals surface area (Å²) < 4.78 is 2.48. The largest absolute Gasteiger partial charge is 0.310 e. The summed E-state index contributed by atoms with van der Waals surface area (Å²) in [5.74, 6) is 0. The van der Waals surface area contributed by atoms with Crippen molar-refractivity contribution in [3.8, 4) is 50.2 Å². The van der Waals surface area contributed by atoms with Crippen molar-refractivity contribution in [2.75, 3.05) is 4.90 Å². The van der Waals surface area contributed by atoms with Crippen LogP contribution in [0.15, 0.2) is 279 Å². The molecule has 324 valence electrons. The summed E-state index contributed by atoms with van der Waals surface area (Å²) in [6.45, 7) is 0. The van der Waals surface area contributed by atoms with Crippen LogP contribution < -0.4 is 4.90 Å². The molecule has 1 heterocycles. The molecular formula is C67H46N2. The highest BCUT2D eigenvalue weighted by Gasteiger charge is 2.46. The Kier molecular flexibility index (Phi) is 9.77. The number of rotatable bonds is 9. The summed E-state index contributed by atoms with van der Waals surface area (Å²) in [5.41, 5.74) is 21.1. The molecule has 13 rings (SSSR count). The van der Waals surface area contributed by atoms with Crippen molar-refractivity contribution in [2.24, 2.45) is 0 Å². The number of hydrogen-bond donors (Lipinski definition) is 0. The minimum absolute atomic E-state index is 0.493. The Hall–Kier alpha value is -8.98. The normalized spacial score (nSPS) is 12.5. The van der Waals surface area contributed by atoms with Gasteiger partial charge in [-0.25, -0.2) is 0 Å². The van der Waals surface area contributed by atoms with Crippen LogP contribution in [0.25, 0.3) is 72.0 Å². The van der Waals surface area contributed by atoms with E-state index in [1.807, 2.05) is 0 Å². The zero-order valence-electron chi connectivity index (χ0n) is 38.0. The molecule has 0 radical (unpaired) electrons. The molecule has 0 aliphatic heterocycles. The zero-order chi connectivity index (χ0) is 45.7. The van der Waals surface area contributed by atoms with Crippen LogP contribution in [0.2, 0.25) is 0 Å². The first-order valence-electron chi connectivity index (χ1n) is 23.8. The highest BCUT2D eigenvalue weighted by atomic mass is 15.1. The number of nitrogens with zero attached hydrogens (tertiary/aromatic N) is 2. The molecule has 1 aliphatic rings. The van der Waals surface area contributed by atoms with Crippen molar-refractivity contribution in [3.05, 3.63) is 301 Å². The lowest BCUT2D eigenvalue weighted by Crippen LogP contribution is -2.28. The average Bonchev–Trinajstić information content (AvgIpc) is 3.92. The average molecular weight is 879 g/mol. The van der Waals surface area contributed by atoms with E-state index < -0.39 is 5.41 Å². The Morgan fingerprint density at radius 2 is 0.768 bits per heavy atom. The monoisotopic (exact) mass is 878 g/mol. The van der Waals surface area contributed by atoms with Gasteiger partial charge in [-0.05, 0) is 133 Å². The number of para-hydroxylation sites is 2. The molecule has 1 aromatic heterocycles. The van der Waals surface area contributed by atoms with Crippen LogP contribution in [0, 0.1) is 0 Å². The first kappa shape index (κ1) is 40.3. The lowest BCUT2D eigenvalue weighted by molar-refractivity contribution is 0.767. The summed E-state index contributed by atoms with van der Waals surface area (Å²) in [4.78, 5) is 2.36. The van der Waals surface area contributed by atoms with E-state index in [-0.39, 0.29) is 0 Å². The molecule has 11 aromatic carbocycles. The van der Waals surface area contributed by atoms with Crippen LogP contribution in [0.5, 0.6) is 0 Å². The van der Waals surface area contributed by atoms with E-state index in [0.29, 0.717) is 0 Å². The third kappa shape index (κ3) is 6.72. The van der Waals surface area contributed by atoms with Gasteiger partial charge in [-0.2, -0.15) is 0 Å². The Labute approximate surface area is 403 Å². The highest BCUT2D eigenvalue weighted by Crippen LogP contribution is 2.56.